The standard InChI is InChI=1S/C26H33N5O2/c32-25-21-9-6-14-27-24(21)31(23-11-3-2-10-22(23)28-25)26(33)30-18-12-20(13-19-30)8-7-17-29-15-4-1-5-16-29/h2-3,6,9-11,14,20H,1,4-5,7-8,12-13,15-19H2,(H,28,32). The number of pyridine rings is 1. The molecule has 2 fully saturated rings. The summed E-state index contributed by atoms with van der Waals surface area (Å²) in [6, 6.07) is 10.8. The van der Waals surface area contributed by atoms with Gasteiger partial charge in [0, 0.05) is 19.3 Å². The largest absolute Gasteiger partial charge is 0.330 e. The number of carbonyl (C=O) groups is 2. The van der Waals surface area contributed by atoms with E-state index in [4.69, 9.17) is 0 Å². The summed E-state index contributed by atoms with van der Waals surface area (Å²) in [5.41, 5.74) is 1.70. The van der Waals surface area contributed by atoms with Gasteiger partial charge in [0.15, 0.2) is 5.82 Å². The number of amides is 3. The van der Waals surface area contributed by atoms with Crippen LogP contribution in [0.4, 0.5) is 22.0 Å². The minimum Gasteiger partial charge on any atom is -0.324 e. The smallest absolute Gasteiger partial charge is 0.324 e. The van der Waals surface area contributed by atoms with E-state index in [-0.39, 0.29) is 11.9 Å². The lowest BCUT2D eigenvalue weighted by Gasteiger charge is -2.36. The van der Waals surface area contributed by atoms with E-state index in [1.165, 1.54) is 51.7 Å². The van der Waals surface area contributed by atoms with Crippen LogP contribution in [0.25, 0.3) is 0 Å². The Kier molecular flexibility index (Phi) is 6.58. The number of likely N-dealkylation sites (tertiary alicyclic amines) is 2. The van der Waals surface area contributed by atoms with Crippen molar-refractivity contribution in [3.8, 4) is 0 Å². The first-order chi connectivity index (χ1) is 16.2. The average Bonchev–Trinajstić information content (AvgIpc) is 2.98. The summed E-state index contributed by atoms with van der Waals surface area (Å²) in [5.74, 6) is 0.839. The van der Waals surface area contributed by atoms with Crippen LogP contribution in [0, 0.1) is 5.92 Å². The minimum atomic E-state index is -0.242. The molecule has 5 rings (SSSR count). The van der Waals surface area contributed by atoms with Crippen LogP contribution < -0.4 is 10.2 Å². The van der Waals surface area contributed by atoms with Gasteiger partial charge < -0.3 is 15.1 Å². The molecule has 0 saturated carbocycles. The molecule has 0 unspecified atom stereocenters. The second kappa shape index (κ2) is 9.91. The molecule has 0 bridgehead atoms. The SMILES string of the molecule is O=C1Nc2ccccc2N(C(=O)N2CCC(CCCN3CCCCC3)CC2)c2ncccc21. The highest BCUT2D eigenvalue weighted by Crippen LogP contribution is 2.37. The summed E-state index contributed by atoms with van der Waals surface area (Å²) in [4.78, 5) is 37.1. The normalized spacial score (nSPS) is 19.5. The summed E-state index contributed by atoms with van der Waals surface area (Å²) >= 11 is 0. The van der Waals surface area contributed by atoms with Gasteiger partial charge >= 0.3 is 6.03 Å². The van der Waals surface area contributed by atoms with E-state index < -0.39 is 0 Å². The van der Waals surface area contributed by atoms with Gasteiger partial charge in [-0.05, 0) is 88.3 Å². The molecule has 0 spiro atoms. The van der Waals surface area contributed by atoms with E-state index >= 15 is 0 Å². The van der Waals surface area contributed by atoms with Gasteiger partial charge in [-0.3, -0.25) is 4.79 Å². The van der Waals surface area contributed by atoms with Gasteiger partial charge in [0.25, 0.3) is 5.91 Å². The fourth-order valence-electron chi connectivity index (χ4n) is 5.37. The molecule has 3 aliphatic heterocycles. The molecule has 4 heterocycles. The van der Waals surface area contributed by atoms with Crippen molar-refractivity contribution in [1.29, 1.82) is 0 Å². The van der Waals surface area contributed by atoms with Crippen molar-refractivity contribution < 1.29 is 9.59 Å². The van der Waals surface area contributed by atoms with Crippen LogP contribution in [0.3, 0.4) is 0 Å². The molecule has 0 radical (unpaired) electrons. The summed E-state index contributed by atoms with van der Waals surface area (Å²) in [5, 5.41) is 2.93. The van der Waals surface area contributed by atoms with Crippen LogP contribution in [0.15, 0.2) is 42.6 Å². The highest BCUT2D eigenvalue weighted by Gasteiger charge is 2.34. The lowest BCUT2D eigenvalue weighted by atomic mass is 9.92. The van der Waals surface area contributed by atoms with Crippen molar-refractivity contribution in [1.82, 2.24) is 14.8 Å². The molecule has 3 amide bonds. The first-order valence-corrected chi connectivity index (χ1v) is 12.4. The maximum absolute atomic E-state index is 13.7. The van der Waals surface area contributed by atoms with Crippen LogP contribution in [-0.4, -0.2) is 59.4 Å². The number of carbonyl (C=O) groups excluding carboxylic acids is 2. The first kappa shape index (κ1) is 21.9. The molecule has 7 heteroatoms. The fraction of sp³-hybridized carbons (Fsp3) is 0.500. The molecule has 7 nitrogen and oxygen atoms in total. The second-order valence-electron chi connectivity index (χ2n) is 9.44. The molecule has 2 aromatic rings. The number of piperidine rings is 2. The number of benzene rings is 1. The number of urea groups is 1. The number of para-hydroxylation sites is 2. The van der Waals surface area contributed by atoms with Crippen molar-refractivity contribution in [2.24, 2.45) is 5.92 Å². The summed E-state index contributed by atoms with van der Waals surface area (Å²) in [7, 11) is 0. The molecule has 1 aromatic heterocycles. The molecular formula is C26H33N5O2. The van der Waals surface area contributed by atoms with Gasteiger partial charge in [0.1, 0.15) is 0 Å². The monoisotopic (exact) mass is 447 g/mol. The molecule has 0 atom stereocenters. The van der Waals surface area contributed by atoms with Gasteiger partial charge in [0.2, 0.25) is 0 Å². The first-order valence-electron chi connectivity index (χ1n) is 12.4. The number of hydrogen-bond acceptors (Lipinski definition) is 4. The zero-order valence-corrected chi connectivity index (χ0v) is 19.2. The van der Waals surface area contributed by atoms with Crippen molar-refractivity contribution in [3.05, 3.63) is 48.2 Å². The topological polar surface area (TPSA) is 68.8 Å². The predicted molar refractivity (Wildman–Crippen MR) is 130 cm³/mol. The van der Waals surface area contributed by atoms with Gasteiger partial charge in [-0.25, -0.2) is 14.7 Å². The molecular weight excluding hydrogens is 414 g/mol. The highest BCUT2D eigenvalue weighted by molar-refractivity contribution is 6.16. The Morgan fingerprint density at radius 2 is 1.79 bits per heavy atom. The fourth-order valence-corrected chi connectivity index (χ4v) is 5.37. The summed E-state index contributed by atoms with van der Waals surface area (Å²) in [6.07, 6.45) is 10.3. The zero-order valence-electron chi connectivity index (χ0n) is 19.2. The quantitative estimate of drug-likeness (QED) is 0.725. The van der Waals surface area contributed by atoms with E-state index in [0.717, 1.165) is 25.9 Å². The molecule has 1 N–H and O–H groups in total. The number of nitrogens with one attached hydrogen (secondary N) is 1. The zero-order chi connectivity index (χ0) is 22.6. The molecule has 33 heavy (non-hydrogen) atoms. The lowest BCUT2D eigenvalue weighted by molar-refractivity contribution is 0.102. The summed E-state index contributed by atoms with van der Waals surface area (Å²) in [6.45, 7) is 5.23. The van der Waals surface area contributed by atoms with Crippen LogP contribution in [0.2, 0.25) is 0 Å². The molecule has 3 aliphatic rings. The number of fused-ring (bicyclic) bond motifs is 2. The Morgan fingerprint density at radius 3 is 2.61 bits per heavy atom. The summed E-state index contributed by atoms with van der Waals surface area (Å²) < 4.78 is 0. The predicted octanol–water partition coefficient (Wildman–Crippen LogP) is 4.88. The second-order valence-corrected chi connectivity index (χ2v) is 9.44. The van der Waals surface area contributed by atoms with E-state index in [1.54, 1.807) is 23.2 Å². The molecule has 2 saturated heterocycles. The Hall–Kier alpha value is -2.93. The van der Waals surface area contributed by atoms with E-state index in [2.05, 4.69) is 15.2 Å². The van der Waals surface area contributed by atoms with Gasteiger partial charge in [-0.15, -0.1) is 0 Å². The third-order valence-corrected chi connectivity index (χ3v) is 7.25. The maximum atomic E-state index is 13.7. The van der Waals surface area contributed by atoms with Crippen LogP contribution in [0.5, 0.6) is 0 Å². The van der Waals surface area contributed by atoms with Crippen molar-refractivity contribution in [2.45, 2.75) is 44.9 Å². The van der Waals surface area contributed by atoms with Gasteiger partial charge in [-0.2, -0.15) is 0 Å². The Balaban J connectivity index is 1.25. The van der Waals surface area contributed by atoms with Crippen molar-refractivity contribution >= 4 is 29.1 Å². The van der Waals surface area contributed by atoms with E-state index in [9.17, 15) is 9.59 Å². The third kappa shape index (κ3) is 4.74. The number of aromatic nitrogens is 1. The third-order valence-electron chi connectivity index (χ3n) is 7.25. The highest BCUT2D eigenvalue weighted by atomic mass is 16.2. The van der Waals surface area contributed by atoms with Crippen molar-refractivity contribution in [2.75, 3.05) is 42.9 Å². The average molecular weight is 448 g/mol. The Morgan fingerprint density at radius 1 is 1.00 bits per heavy atom. The number of anilines is 3. The van der Waals surface area contributed by atoms with Crippen LogP contribution in [0.1, 0.15) is 55.3 Å². The molecule has 1 aromatic carbocycles. The number of rotatable bonds is 4. The molecule has 0 aliphatic carbocycles. The number of nitrogens with zero attached hydrogens (tertiary/aromatic N) is 4. The van der Waals surface area contributed by atoms with Gasteiger partial charge in [-0.1, -0.05) is 18.6 Å². The Bertz CT molecular complexity index is 996. The number of hydrogen-bond donors (Lipinski definition) is 1. The maximum Gasteiger partial charge on any atom is 0.330 e. The minimum absolute atomic E-state index is 0.106. The molecule has 174 valence electrons. The lowest BCUT2D eigenvalue weighted by Crippen LogP contribution is -2.45. The van der Waals surface area contributed by atoms with E-state index in [1.807, 2.05) is 29.2 Å². The van der Waals surface area contributed by atoms with Gasteiger partial charge in [0.05, 0.1) is 16.9 Å². The van der Waals surface area contributed by atoms with E-state index in [0.29, 0.717) is 28.7 Å². The van der Waals surface area contributed by atoms with Crippen LogP contribution in [-0.2, 0) is 0 Å². The Labute approximate surface area is 195 Å². The van der Waals surface area contributed by atoms with Crippen molar-refractivity contribution in [3.63, 3.8) is 0 Å². The van der Waals surface area contributed by atoms with Crippen LogP contribution >= 0.6 is 0 Å².